The number of carboxylic acids is 1. The predicted octanol–water partition coefficient (Wildman–Crippen LogP) is 6.61. The summed E-state index contributed by atoms with van der Waals surface area (Å²) in [7, 11) is 0. The van der Waals surface area contributed by atoms with Crippen molar-refractivity contribution in [1.82, 2.24) is 10.2 Å². The number of rotatable bonds is 15. The highest BCUT2D eigenvalue weighted by Gasteiger charge is 2.62. The van der Waals surface area contributed by atoms with E-state index in [-0.39, 0.29) is 0 Å². The van der Waals surface area contributed by atoms with Gasteiger partial charge in [-0.15, -0.1) is 0 Å². The lowest BCUT2D eigenvalue weighted by atomic mass is 9.73. The molecule has 0 spiro atoms. The maximum absolute atomic E-state index is 13.7. The highest BCUT2D eigenvalue weighted by atomic mass is 19.3. The van der Waals surface area contributed by atoms with Crippen LogP contribution in [0.3, 0.4) is 0 Å². The van der Waals surface area contributed by atoms with Crippen LogP contribution in [-0.4, -0.2) is 53.2 Å². The minimum Gasteiger partial charge on any atom is -0.493 e. The van der Waals surface area contributed by atoms with Gasteiger partial charge in [-0.3, -0.25) is 0 Å². The Kier molecular flexibility index (Phi) is 10.5. The number of carbonyl (C=O) groups is 2. The largest absolute Gasteiger partial charge is 0.493 e. The lowest BCUT2D eigenvalue weighted by Crippen LogP contribution is -2.68. The van der Waals surface area contributed by atoms with Gasteiger partial charge in [-0.1, -0.05) is 44.2 Å². The summed E-state index contributed by atoms with van der Waals surface area (Å²) in [6.45, 7) is 7.20. The number of nitrogens with one attached hydrogen (secondary N) is 1. The summed E-state index contributed by atoms with van der Waals surface area (Å²) in [6.07, 6.45) is 2.07. The minimum atomic E-state index is -3.12. The molecule has 9 heteroatoms. The molecule has 1 saturated carbocycles. The van der Waals surface area contributed by atoms with E-state index in [9.17, 15) is 23.5 Å². The standard InChI is InChI=1S/C30H40F2N2O5/c1-4-15-38-25-17-24(18-26(19-25)39-16-5-2)22(3)34(14-10-9-13-23-11-7-6-8-12-23)28(37)33-29(27(35)36)20-30(31,32)21-29/h6-8,11-12,17-19,22H,4-5,9-10,13-16,20-21H2,1-3H3,(H,33,37)(H,35,36). The number of hydrogen-bond donors (Lipinski definition) is 2. The third kappa shape index (κ3) is 8.31. The molecule has 3 rings (SSSR count). The van der Waals surface area contributed by atoms with E-state index in [4.69, 9.17) is 9.47 Å². The van der Waals surface area contributed by atoms with Crippen molar-refractivity contribution in [2.24, 2.45) is 0 Å². The van der Waals surface area contributed by atoms with Crippen LogP contribution in [0, 0.1) is 0 Å². The van der Waals surface area contributed by atoms with Gasteiger partial charge in [0.25, 0.3) is 5.92 Å². The van der Waals surface area contributed by atoms with Gasteiger partial charge in [0.1, 0.15) is 11.5 Å². The molecule has 0 saturated heterocycles. The molecule has 0 aromatic heterocycles. The number of unbranched alkanes of at least 4 members (excludes halogenated alkanes) is 1. The molecular formula is C30H40F2N2O5. The molecule has 1 aliphatic carbocycles. The van der Waals surface area contributed by atoms with E-state index in [2.05, 4.69) is 5.32 Å². The number of carbonyl (C=O) groups excluding carboxylic acids is 1. The minimum absolute atomic E-state index is 0.317. The number of nitrogens with zero attached hydrogens (tertiary/aromatic N) is 1. The molecule has 0 bridgehead atoms. The Morgan fingerprint density at radius 1 is 1.00 bits per heavy atom. The first-order valence-corrected chi connectivity index (χ1v) is 13.7. The number of alkyl halides is 2. The van der Waals surface area contributed by atoms with Crippen molar-refractivity contribution in [2.75, 3.05) is 19.8 Å². The van der Waals surface area contributed by atoms with E-state index in [0.29, 0.717) is 37.7 Å². The van der Waals surface area contributed by atoms with Gasteiger partial charge >= 0.3 is 12.0 Å². The highest BCUT2D eigenvalue weighted by molar-refractivity contribution is 5.88. The summed E-state index contributed by atoms with van der Waals surface area (Å²) >= 11 is 0. The number of amides is 2. The van der Waals surface area contributed by atoms with Crippen molar-refractivity contribution in [1.29, 1.82) is 0 Å². The third-order valence-electron chi connectivity index (χ3n) is 6.89. The zero-order chi connectivity index (χ0) is 28.5. The summed E-state index contributed by atoms with van der Waals surface area (Å²) in [4.78, 5) is 26.9. The summed E-state index contributed by atoms with van der Waals surface area (Å²) in [5.74, 6) is -3.35. The van der Waals surface area contributed by atoms with Crippen LogP contribution in [0.25, 0.3) is 0 Å². The number of aryl methyl sites for hydroxylation is 1. The molecule has 0 heterocycles. The molecule has 0 radical (unpaired) electrons. The number of aliphatic carboxylic acids is 1. The van der Waals surface area contributed by atoms with Gasteiger partial charge in [0.05, 0.1) is 19.3 Å². The molecule has 214 valence electrons. The molecule has 1 unspecified atom stereocenters. The van der Waals surface area contributed by atoms with Crippen molar-refractivity contribution in [3.63, 3.8) is 0 Å². The van der Waals surface area contributed by atoms with E-state index < -0.39 is 42.3 Å². The number of urea groups is 1. The molecule has 0 aliphatic heterocycles. The zero-order valence-corrected chi connectivity index (χ0v) is 23.1. The van der Waals surface area contributed by atoms with E-state index >= 15 is 0 Å². The Morgan fingerprint density at radius 3 is 2.10 bits per heavy atom. The van der Waals surface area contributed by atoms with E-state index in [1.165, 1.54) is 10.5 Å². The van der Waals surface area contributed by atoms with Crippen LogP contribution in [0.2, 0.25) is 0 Å². The molecule has 7 nitrogen and oxygen atoms in total. The van der Waals surface area contributed by atoms with Crippen LogP contribution in [0.1, 0.15) is 76.5 Å². The second-order valence-electron chi connectivity index (χ2n) is 10.3. The second-order valence-corrected chi connectivity index (χ2v) is 10.3. The second kappa shape index (κ2) is 13.6. The first-order chi connectivity index (χ1) is 18.6. The van der Waals surface area contributed by atoms with Gasteiger partial charge in [-0.05, 0) is 62.3 Å². The van der Waals surface area contributed by atoms with Crippen molar-refractivity contribution >= 4 is 12.0 Å². The molecule has 1 fully saturated rings. The first kappa shape index (κ1) is 30.2. The molecule has 39 heavy (non-hydrogen) atoms. The summed E-state index contributed by atoms with van der Waals surface area (Å²) in [6, 6.07) is 14.3. The van der Waals surface area contributed by atoms with Crippen molar-refractivity contribution in [3.8, 4) is 11.5 Å². The van der Waals surface area contributed by atoms with Crippen molar-refractivity contribution in [2.45, 2.75) is 83.2 Å². The van der Waals surface area contributed by atoms with E-state index in [1.807, 2.05) is 69.3 Å². The molecule has 1 atom stereocenters. The Morgan fingerprint density at radius 2 is 1.59 bits per heavy atom. The summed E-state index contributed by atoms with van der Waals surface area (Å²) in [5.41, 5.74) is -0.0536. The molecule has 2 aromatic rings. The maximum atomic E-state index is 13.7. The van der Waals surface area contributed by atoms with Crippen LogP contribution in [0.5, 0.6) is 11.5 Å². The number of benzene rings is 2. The van der Waals surface area contributed by atoms with Crippen molar-refractivity contribution in [3.05, 3.63) is 59.7 Å². The fraction of sp³-hybridized carbons (Fsp3) is 0.533. The van der Waals surface area contributed by atoms with E-state index in [0.717, 1.165) is 31.2 Å². The number of carboxylic acid groups (broad SMARTS) is 1. The number of halogens is 2. The Labute approximate surface area is 229 Å². The Balaban J connectivity index is 1.83. The number of ether oxygens (including phenoxy) is 2. The Bertz CT molecular complexity index is 1060. The lowest BCUT2D eigenvalue weighted by molar-refractivity contribution is -0.175. The van der Waals surface area contributed by atoms with Gasteiger partial charge in [0.15, 0.2) is 5.54 Å². The van der Waals surface area contributed by atoms with Gasteiger partial charge in [0.2, 0.25) is 0 Å². The average molecular weight is 547 g/mol. The van der Waals surface area contributed by atoms with Crippen LogP contribution < -0.4 is 14.8 Å². The fourth-order valence-corrected chi connectivity index (χ4v) is 4.75. The van der Waals surface area contributed by atoms with Gasteiger partial charge in [-0.2, -0.15) is 0 Å². The maximum Gasteiger partial charge on any atom is 0.329 e. The molecular weight excluding hydrogens is 506 g/mol. The van der Waals surface area contributed by atoms with Crippen molar-refractivity contribution < 1.29 is 33.0 Å². The predicted molar refractivity (Wildman–Crippen MR) is 146 cm³/mol. The molecule has 2 amide bonds. The molecule has 1 aliphatic rings. The van der Waals surface area contributed by atoms with E-state index in [1.54, 1.807) is 0 Å². The van der Waals surface area contributed by atoms with Gasteiger partial charge < -0.3 is 24.8 Å². The average Bonchev–Trinajstić information content (AvgIpc) is 2.89. The highest BCUT2D eigenvalue weighted by Crippen LogP contribution is 2.46. The first-order valence-electron chi connectivity index (χ1n) is 13.7. The quantitative estimate of drug-likeness (QED) is 0.245. The topological polar surface area (TPSA) is 88.1 Å². The van der Waals surface area contributed by atoms with Crippen LogP contribution >= 0.6 is 0 Å². The van der Waals surface area contributed by atoms with Crippen LogP contribution in [0.4, 0.5) is 13.6 Å². The fourth-order valence-electron chi connectivity index (χ4n) is 4.75. The van der Waals surface area contributed by atoms with Crippen LogP contribution in [0.15, 0.2) is 48.5 Å². The normalized spacial score (nSPS) is 16.0. The molecule has 2 N–H and O–H groups in total. The van der Waals surface area contributed by atoms with Gasteiger partial charge in [0, 0.05) is 25.5 Å². The summed E-state index contributed by atoms with van der Waals surface area (Å²) < 4.78 is 39.1. The monoisotopic (exact) mass is 546 g/mol. The summed E-state index contributed by atoms with van der Waals surface area (Å²) in [5, 5.41) is 12.1. The lowest BCUT2D eigenvalue weighted by Gasteiger charge is -2.45. The number of hydrogen-bond acceptors (Lipinski definition) is 4. The smallest absolute Gasteiger partial charge is 0.329 e. The third-order valence-corrected chi connectivity index (χ3v) is 6.89. The van der Waals surface area contributed by atoms with Gasteiger partial charge in [-0.25, -0.2) is 18.4 Å². The molecule has 2 aromatic carbocycles. The van der Waals surface area contributed by atoms with Crippen LogP contribution in [-0.2, 0) is 11.2 Å². The zero-order valence-electron chi connectivity index (χ0n) is 23.1. The Hall–Kier alpha value is -3.36. The SMILES string of the molecule is CCCOc1cc(OCCC)cc(C(C)N(CCCCc2ccccc2)C(=O)NC2(C(=O)O)CC(F)(F)C2)c1.